The Hall–Kier alpha value is -3.35. The molecule has 2 aromatic carbocycles. The van der Waals surface area contributed by atoms with Crippen molar-refractivity contribution in [2.45, 2.75) is 19.8 Å². The van der Waals surface area contributed by atoms with Gasteiger partial charge in [0.1, 0.15) is 28.8 Å². The molecule has 0 aliphatic heterocycles. The van der Waals surface area contributed by atoms with E-state index < -0.39 is 17.5 Å². The third kappa shape index (κ3) is 4.44. The molecule has 0 spiro atoms. The van der Waals surface area contributed by atoms with Crippen LogP contribution in [-0.4, -0.2) is 15.9 Å². The molecule has 27 heavy (non-hydrogen) atoms. The van der Waals surface area contributed by atoms with Gasteiger partial charge in [-0.2, -0.15) is 0 Å². The Morgan fingerprint density at radius 2 is 1.63 bits per heavy atom. The lowest BCUT2D eigenvalue weighted by Crippen LogP contribution is -2.14. The van der Waals surface area contributed by atoms with E-state index in [-0.39, 0.29) is 17.2 Å². The van der Waals surface area contributed by atoms with Gasteiger partial charge in [-0.25, -0.2) is 18.7 Å². The second-order valence-electron chi connectivity index (χ2n) is 6.24. The van der Waals surface area contributed by atoms with Gasteiger partial charge in [-0.05, 0) is 35.7 Å². The summed E-state index contributed by atoms with van der Waals surface area (Å²) in [6, 6.07) is 11.1. The van der Waals surface area contributed by atoms with E-state index in [9.17, 15) is 13.6 Å². The number of carbonyl (C=O) groups excluding carboxylic acids is 1. The third-order valence-electron chi connectivity index (χ3n) is 3.94. The molecule has 5 nitrogen and oxygen atoms in total. The van der Waals surface area contributed by atoms with Crippen LogP contribution in [0.5, 0.6) is 0 Å². The Morgan fingerprint density at radius 1 is 0.963 bits per heavy atom. The van der Waals surface area contributed by atoms with E-state index >= 15 is 0 Å². The summed E-state index contributed by atoms with van der Waals surface area (Å²) in [5, 5.41) is 5.25. The molecule has 0 saturated carbocycles. The molecule has 0 aliphatic carbocycles. The van der Waals surface area contributed by atoms with Gasteiger partial charge in [0, 0.05) is 5.69 Å². The second-order valence-corrected chi connectivity index (χ2v) is 6.24. The standard InChI is InChI=1S/C20H18F2N4O/c1-12(2)13-6-8-14(9-7-13)25-20(27)17-10-24-18(11-23-17)26-19-15(21)4-3-5-16(19)22/h3-12H,1-2H3,(H,24,26)(H,25,27). The second kappa shape index (κ2) is 7.90. The summed E-state index contributed by atoms with van der Waals surface area (Å²) in [7, 11) is 0. The van der Waals surface area contributed by atoms with Gasteiger partial charge in [-0.1, -0.05) is 32.0 Å². The first-order valence-electron chi connectivity index (χ1n) is 8.38. The first kappa shape index (κ1) is 18.4. The molecule has 0 saturated heterocycles. The molecule has 2 N–H and O–H groups in total. The average Bonchev–Trinajstić information content (AvgIpc) is 2.66. The zero-order valence-corrected chi connectivity index (χ0v) is 14.8. The first-order chi connectivity index (χ1) is 12.9. The van der Waals surface area contributed by atoms with E-state index in [4.69, 9.17) is 0 Å². The van der Waals surface area contributed by atoms with Crippen molar-refractivity contribution in [3.63, 3.8) is 0 Å². The summed E-state index contributed by atoms with van der Waals surface area (Å²) < 4.78 is 27.3. The molecule has 1 aromatic heterocycles. The number of hydrogen-bond acceptors (Lipinski definition) is 4. The Labute approximate surface area is 155 Å². The summed E-state index contributed by atoms with van der Waals surface area (Å²) in [6.45, 7) is 4.18. The van der Waals surface area contributed by atoms with Gasteiger partial charge in [0.15, 0.2) is 0 Å². The van der Waals surface area contributed by atoms with Crippen molar-refractivity contribution in [2.24, 2.45) is 0 Å². The Balaban J connectivity index is 1.68. The zero-order chi connectivity index (χ0) is 19.4. The zero-order valence-electron chi connectivity index (χ0n) is 14.8. The SMILES string of the molecule is CC(C)c1ccc(NC(=O)c2cnc(Nc3c(F)cccc3F)cn2)cc1. The van der Waals surface area contributed by atoms with Gasteiger partial charge >= 0.3 is 0 Å². The summed E-state index contributed by atoms with van der Waals surface area (Å²) in [4.78, 5) is 20.2. The van der Waals surface area contributed by atoms with E-state index in [1.165, 1.54) is 24.0 Å². The maximum atomic E-state index is 13.6. The highest BCUT2D eigenvalue weighted by molar-refractivity contribution is 6.02. The first-order valence-corrected chi connectivity index (χ1v) is 8.38. The van der Waals surface area contributed by atoms with Crippen LogP contribution in [0.2, 0.25) is 0 Å². The van der Waals surface area contributed by atoms with Crippen LogP contribution >= 0.6 is 0 Å². The van der Waals surface area contributed by atoms with Gasteiger partial charge in [-0.15, -0.1) is 0 Å². The van der Waals surface area contributed by atoms with Crippen LogP contribution in [0.3, 0.4) is 0 Å². The number of nitrogens with zero attached hydrogens (tertiary/aromatic N) is 2. The Morgan fingerprint density at radius 3 is 2.19 bits per heavy atom. The van der Waals surface area contributed by atoms with Crippen LogP contribution in [0.15, 0.2) is 54.9 Å². The summed E-state index contributed by atoms with van der Waals surface area (Å²) in [5.41, 5.74) is 1.57. The van der Waals surface area contributed by atoms with Crippen LogP contribution < -0.4 is 10.6 Å². The highest BCUT2D eigenvalue weighted by Crippen LogP contribution is 2.22. The predicted molar refractivity (Wildman–Crippen MR) is 100 cm³/mol. The number of para-hydroxylation sites is 1. The van der Waals surface area contributed by atoms with E-state index in [1.807, 2.05) is 24.3 Å². The van der Waals surface area contributed by atoms with Crippen LogP contribution in [0, 0.1) is 11.6 Å². The van der Waals surface area contributed by atoms with E-state index in [2.05, 4.69) is 34.4 Å². The van der Waals surface area contributed by atoms with Gasteiger partial charge in [0.2, 0.25) is 0 Å². The number of halogens is 2. The topological polar surface area (TPSA) is 66.9 Å². The van der Waals surface area contributed by atoms with Crippen molar-refractivity contribution in [1.29, 1.82) is 0 Å². The molecule has 0 fully saturated rings. The molecule has 3 rings (SSSR count). The number of amides is 1. The number of carbonyl (C=O) groups is 1. The Kier molecular flexibility index (Phi) is 5.40. The molecule has 0 atom stereocenters. The fraction of sp³-hybridized carbons (Fsp3) is 0.150. The molecule has 1 heterocycles. The molecule has 1 amide bonds. The van der Waals surface area contributed by atoms with Gasteiger partial charge < -0.3 is 10.6 Å². The van der Waals surface area contributed by atoms with Crippen molar-refractivity contribution < 1.29 is 13.6 Å². The molecule has 138 valence electrons. The smallest absolute Gasteiger partial charge is 0.275 e. The molecule has 7 heteroatoms. The van der Waals surface area contributed by atoms with Crippen LogP contribution in [0.25, 0.3) is 0 Å². The van der Waals surface area contributed by atoms with E-state index in [0.717, 1.165) is 12.1 Å². The van der Waals surface area contributed by atoms with Crippen LogP contribution in [-0.2, 0) is 0 Å². The van der Waals surface area contributed by atoms with Gasteiger partial charge in [0.25, 0.3) is 5.91 Å². The van der Waals surface area contributed by atoms with Crippen molar-refractivity contribution >= 4 is 23.1 Å². The minimum absolute atomic E-state index is 0.0856. The van der Waals surface area contributed by atoms with Crippen molar-refractivity contribution in [3.8, 4) is 0 Å². The van der Waals surface area contributed by atoms with Crippen molar-refractivity contribution in [3.05, 3.63) is 77.8 Å². The number of anilines is 3. The van der Waals surface area contributed by atoms with Crippen LogP contribution in [0.4, 0.5) is 26.0 Å². The fourth-order valence-corrected chi connectivity index (χ4v) is 2.40. The molecule has 0 unspecified atom stereocenters. The van der Waals surface area contributed by atoms with Crippen molar-refractivity contribution in [1.82, 2.24) is 9.97 Å². The minimum atomic E-state index is -0.747. The number of nitrogens with one attached hydrogen (secondary N) is 2. The summed E-state index contributed by atoms with van der Waals surface area (Å²) in [5.74, 6) is -1.40. The highest BCUT2D eigenvalue weighted by atomic mass is 19.1. The minimum Gasteiger partial charge on any atom is -0.334 e. The van der Waals surface area contributed by atoms with E-state index in [0.29, 0.717) is 11.6 Å². The summed E-state index contributed by atoms with van der Waals surface area (Å²) >= 11 is 0. The van der Waals surface area contributed by atoms with Crippen molar-refractivity contribution in [2.75, 3.05) is 10.6 Å². The maximum absolute atomic E-state index is 13.6. The third-order valence-corrected chi connectivity index (χ3v) is 3.94. The Bertz CT molecular complexity index is 921. The largest absolute Gasteiger partial charge is 0.334 e. The maximum Gasteiger partial charge on any atom is 0.275 e. The molecular weight excluding hydrogens is 350 g/mol. The number of benzene rings is 2. The molecule has 0 bridgehead atoms. The summed E-state index contributed by atoms with van der Waals surface area (Å²) in [6.07, 6.45) is 2.47. The van der Waals surface area contributed by atoms with Gasteiger partial charge in [0.05, 0.1) is 12.4 Å². The quantitative estimate of drug-likeness (QED) is 0.674. The highest BCUT2D eigenvalue weighted by Gasteiger charge is 2.12. The molecule has 3 aromatic rings. The fourth-order valence-electron chi connectivity index (χ4n) is 2.40. The predicted octanol–water partition coefficient (Wildman–Crippen LogP) is 4.87. The van der Waals surface area contributed by atoms with Gasteiger partial charge in [-0.3, -0.25) is 4.79 Å². The number of aromatic nitrogens is 2. The molecule has 0 radical (unpaired) electrons. The lowest BCUT2D eigenvalue weighted by molar-refractivity contribution is 0.102. The average molecular weight is 368 g/mol. The normalized spacial score (nSPS) is 10.7. The lowest BCUT2D eigenvalue weighted by atomic mass is 10.0. The monoisotopic (exact) mass is 368 g/mol. The number of rotatable bonds is 5. The van der Waals surface area contributed by atoms with E-state index in [1.54, 1.807) is 0 Å². The number of hydrogen-bond donors (Lipinski definition) is 2. The molecular formula is C20H18F2N4O. The van der Waals surface area contributed by atoms with Crippen LogP contribution in [0.1, 0.15) is 35.8 Å². The lowest BCUT2D eigenvalue weighted by Gasteiger charge is -2.09. The molecule has 0 aliphatic rings.